The summed E-state index contributed by atoms with van der Waals surface area (Å²) in [5, 5.41) is 9.62. The Balaban J connectivity index is 1.97. The first-order chi connectivity index (χ1) is 11.0. The lowest BCUT2D eigenvalue weighted by molar-refractivity contribution is 0.0670. The highest BCUT2D eigenvalue weighted by atomic mass is 35.5. The van der Waals surface area contributed by atoms with Crippen molar-refractivity contribution in [2.75, 3.05) is 6.54 Å². The van der Waals surface area contributed by atoms with Gasteiger partial charge < -0.3 is 4.90 Å². The monoisotopic (exact) mass is 355 g/mol. The molecule has 0 bridgehead atoms. The number of hydrogen-bond acceptors (Lipinski definition) is 3. The molecule has 1 atom stereocenters. The van der Waals surface area contributed by atoms with Crippen LogP contribution in [0.25, 0.3) is 0 Å². The minimum atomic E-state index is -0.163. The molecule has 6 nitrogen and oxygen atoms in total. The van der Waals surface area contributed by atoms with E-state index in [0.717, 1.165) is 31.4 Å². The first kappa shape index (κ1) is 16.3. The lowest BCUT2D eigenvalue weighted by atomic mass is 10.1. The van der Waals surface area contributed by atoms with Crippen molar-refractivity contribution >= 4 is 29.1 Å². The Kier molecular flexibility index (Phi) is 4.64. The SMILES string of the molecule is Cn1cc(Cl)c(C(=O)N2CCCCC[C@@H]2c2nn(C)cc2Cl)n1. The maximum absolute atomic E-state index is 13.0. The second-order valence-corrected chi connectivity index (χ2v) is 6.71. The van der Waals surface area contributed by atoms with Gasteiger partial charge in [0.1, 0.15) is 5.69 Å². The van der Waals surface area contributed by atoms with Crippen LogP contribution < -0.4 is 0 Å². The summed E-state index contributed by atoms with van der Waals surface area (Å²) in [5.74, 6) is -0.163. The van der Waals surface area contributed by atoms with Crippen molar-refractivity contribution < 1.29 is 4.79 Å². The molecule has 0 aliphatic carbocycles. The second kappa shape index (κ2) is 6.53. The normalized spacial score (nSPS) is 19.0. The summed E-state index contributed by atoms with van der Waals surface area (Å²) in [6.45, 7) is 0.656. The zero-order valence-corrected chi connectivity index (χ0v) is 14.7. The van der Waals surface area contributed by atoms with Gasteiger partial charge in [0.2, 0.25) is 0 Å². The molecule has 0 saturated carbocycles. The van der Waals surface area contributed by atoms with Gasteiger partial charge in [-0.25, -0.2) is 0 Å². The summed E-state index contributed by atoms with van der Waals surface area (Å²) in [4.78, 5) is 14.8. The molecule has 23 heavy (non-hydrogen) atoms. The van der Waals surface area contributed by atoms with E-state index in [1.807, 2.05) is 11.9 Å². The Labute approximate surface area is 145 Å². The highest BCUT2D eigenvalue weighted by Crippen LogP contribution is 2.34. The largest absolute Gasteiger partial charge is 0.328 e. The van der Waals surface area contributed by atoms with Gasteiger partial charge in [0.25, 0.3) is 5.91 Å². The smallest absolute Gasteiger partial charge is 0.276 e. The van der Waals surface area contributed by atoms with Gasteiger partial charge in [0, 0.05) is 33.0 Å². The van der Waals surface area contributed by atoms with E-state index in [-0.39, 0.29) is 17.6 Å². The predicted octanol–water partition coefficient (Wildman–Crippen LogP) is 3.22. The van der Waals surface area contributed by atoms with Gasteiger partial charge in [-0.15, -0.1) is 0 Å². The van der Waals surface area contributed by atoms with Crippen molar-refractivity contribution in [3.63, 3.8) is 0 Å². The number of carbonyl (C=O) groups is 1. The zero-order chi connectivity index (χ0) is 16.6. The summed E-state index contributed by atoms with van der Waals surface area (Å²) < 4.78 is 3.23. The van der Waals surface area contributed by atoms with Crippen molar-refractivity contribution in [3.8, 4) is 0 Å². The Hall–Kier alpha value is -1.53. The van der Waals surface area contributed by atoms with Gasteiger partial charge >= 0.3 is 0 Å². The van der Waals surface area contributed by atoms with Crippen LogP contribution >= 0.6 is 23.2 Å². The van der Waals surface area contributed by atoms with E-state index in [1.54, 1.807) is 28.8 Å². The Morgan fingerprint density at radius 2 is 1.78 bits per heavy atom. The third-order valence-electron chi connectivity index (χ3n) is 4.13. The van der Waals surface area contributed by atoms with E-state index in [4.69, 9.17) is 23.2 Å². The minimum absolute atomic E-state index is 0.142. The topological polar surface area (TPSA) is 56.0 Å². The molecular formula is C15H19Cl2N5O. The van der Waals surface area contributed by atoms with Gasteiger partial charge in [-0.2, -0.15) is 10.2 Å². The van der Waals surface area contributed by atoms with Crippen molar-refractivity contribution in [3.05, 3.63) is 33.8 Å². The Bertz CT molecular complexity index is 724. The van der Waals surface area contributed by atoms with Crippen LogP contribution in [0, 0.1) is 0 Å². The molecule has 0 unspecified atom stereocenters. The molecule has 1 amide bonds. The molecule has 3 rings (SSSR count). The van der Waals surface area contributed by atoms with Crippen LogP contribution in [0.1, 0.15) is 47.9 Å². The van der Waals surface area contributed by atoms with E-state index >= 15 is 0 Å². The number of aromatic nitrogens is 4. The maximum atomic E-state index is 13.0. The number of nitrogens with zero attached hydrogens (tertiary/aromatic N) is 5. The number of hydrogen-bond donors (Lipinski definition) is 0. The van der Waals surface area contributed by atoms with Gasteiger partial charge in [0.15, 0.2) is 5.69 Å². The third-order valence-corrected chi connectivity index (χ3v) is 4.69. The predicted molar refractivity (Wildman–Crippen MR) is 88.7 cm³/mol. The van der Waals surface area contributed by atoms with E-state index < -0.39 is 0 Å². The number of carbonyl (C=O) groups excluding carboxylic acids is 1. The summed E-state index contributed by atoms with van der Waals surface area (Å²) in [5.41, 5.74) is 1.03. The van der Waals surface area contributed by atoms with Crippen LogP contribution in [-0.4, -0.2) is 36.9 Å². The van der Waals surface area contributed by atoms with Crippen molar-refractivity contribution in [1.82, 2.24) is 24.5 Å². The molecule has 124 valence electrons. The molecule has 0 N–H and O–H groups in total. The lowest BCUT2D eigenvalue weighted by Gasteiger charge is -2.28. The van der Waals surface area contributed by atoms with Gasteiger partial charge in [-0.1, -0.05) is 36.0 Å². The fourth-order valence-electron chi connectivity index (χ4n) is 3.08. The molecule has 0 aromatic carbocycles. The number of amides is 1. The number of aryl methyl sites for hydroxylation is 2. The molecule has 1 fully saturated rings. The highest BCUT2D eigenvalue weighted by Gasteiger charge is 2.32. The molecule has 1 aliphatic heterocycles. The van der Waals surface area contributed by atoms with Crippen LogP contribution in [0.3, 0.4) is 0 Å². The zero-order valence-electron chi connectivity index (χ0n) is 13.2. The summed E-state index contributed by atoms with van der Waals surface area (Å²) in [6, 6.07) is -0.142. The number of rotatable bonds is 2. The quantitative estimate of drug-likeness (QED) is 0.830. The fourth-order valence-corrected chi connectivity index (χ4v) is 3.64. The first-order valence-corrected chi connectivity index (χ1v) is 8.42. The van der Waals surface area contributed by atoms with Crippen LogP contribution in [0.5, 0.6) is 0 Å². The molecular weight excluding hydrogens is 337 g/mol. The van der Waals surface area contributed by atoms with Crippen molar-refractivity contribution in [2.24, 2.45) is 14.1 Å². The molecule has 2 aromatic rings. The summed E-state index contributed by atoms with van der Waals surface area (Å²) in [6.07, 6.45) is 7.32. The van der Waals surface area contributed by atoms with Crippen molar-refractivity contribution in [2.45, 2.75) is 31.7 Å². The molecule has 2 aromatic heterocycles. The molecule has 0 radical (unpaired) electrons. The van der Waals surface area contributed by atoms with Gasteiger partial charge in [-0.3, -0.25) is 14.2 Å². The summed E-state index contributed by atoms with van der Waals surface area (Å²) in [7, 11) is 3.58. The van der Waals surface area contributed by atoms with Gasteiger partial charge in [0.05, 0.1) is 16.1 Å². The Morgan fingerprint density at radius 3 is 2.39 bits per heavy atom. The molecule has 0 spiro atoms. The average Bonchev–Trinajstić information content (AvgIpc) is 2.90. The molecule has 3 heterocycles. The van der Waals surface area contributed by atoms with E-state index in [2.05, 4.69) is 10.2 Å². The highest BCUT2D eigenvalue weighted by molar-refractivity contribution is 6.33. The average molecular weight is 356 g/mol. The number of halogens is 2. The third kappa shape index (κ3) is 3.23. The first-order valence-electron chi connectivity index (χ1n) is 7.66. The minimum Gasteiger partial charge on any atom is -0.328 e. The van der Waals surface area contributed by atoms with Crippen LogP contribution in [0.2, 0.25) is 10.0 Å². The van der Waals surface area contributed by atoms with E-state index in [9.17, 15) is 4.79 Å². The lowest BCUT2D eigenvalue weighted by Crippen LogP contribution is -2.35. The molecule has 8 heteroatoms. The van der Waals surface area contributed by atoms with Crippen LogP contribution in [0.15, 0.2) is 12.4 Å². The second-order valence-electron chi connectivity index (χ2n) is 5.90. The molecule has 1 aliphatic rings. The van der Waals surface area contributed by atoms with Gasteiger partial charge in [-0.05, 0) is 12.8 Å². The fraction of sp³-hybridized carbons (Fsp3) is 0.533. The van der Waals surface area contributed by atoms with Crippen molar-refractivity contribution in [1.29, 1.82) is 0 Å². The molecule has 1 saturated heterocycles. The van der Waals surface area contributed by atoms with E-state index in [0.29, 0.717) is 16.6 Å². The standard InChI is InChI=1S/C15H19Cl2N5O/c1-20-8-10(16)13(18-20)12-6-4-3-5-7-22(12)15(23)14-11(17)9-21(2)19-14/h8-9,12H,3-7H2,1-2H3/t12-/m1/s1. The maximum Gasteiger partial charge on any atom is 0.276 e. The van der Waals surface area contributed by atoms with E-state index in [1.165, 1.54) is 0 Å². The number of likely N-dealkylation sites (tertiary alicyclic amines) is 1. The van der Waals surface area contributed by atoms with Crippen LogP contribution in [0.4, 0.5) is 0 Å². The Morgan fingerprint density at radius 1 is 1.09 bits per heavy atom. The summed E-state index contributed by atoms with van der Waals surface area (Å²) >= 11 is 12.5. The van der Waals surface area contributed by atoms with Crippen LogP contribution in [-0.2, 0) is 14.1 Å².